The minimum absolute atomic E-state index is 0.0359. The second-order valence-corrected chi connectivity index (χ2v) is 7.18. The Morgan fingerprint density at radius 1 is 1.27 bits per heavy atom. The zero-order valence-electron chi connectivity index (χ0n) is 17.0. The van der Waals surface area contributed by atoms with Crippen molar-refractivity contribution in [1.82, 2.24) is 10.0 Å². The number of esters is 1. The lowest BCUT2D eigenvalue weighted by Gasteiger charge is -2.25. The lowest BCUT2D eigenvalue weighted by molar-refractivity contribution is -0.178. The molecule has 9 heteroatoms. The van der Waals surface area contributed by atoms with Crippen molar-refractivity contribution in [2.75, 3.05) is 7.11 Å². The molecule has 1 amide bonds. The number of aliphatic hydroxyl groups is 1. The molecule has 0 saturated carbocycles. The lowest BCUT2D eigenvalue weighted by atomic mass is 9.94. The molecule has 0 fully saturated rings. The number of hydroxylamine groups is 1. The Labute approximate surface area is 172 Å². The smallest absolute Gasteiger partial charge is 0.347 e. The van der Waals surface area contributed by atoms with Crippen molar-refractivity contribution >= 4 is 34.3 Å². The summed E-state index contributed by atoms with van der Waals surface area (Å²) in [5.74, 6) is -4.84. The summed E-state index contributed by atoms with van der Waals surface area (Å²) in [5, 5.41) is 21.1. The van der Waals surface area contributed by atoms with Crippen molar-refractivity contribution in [2.24, 2.45) is 7.05 Å². The van der Waals surface area contributed by atoms with Crippen molar-refractivity contribution in [3.8, 4) is 0 Å². The van der Waals surface area contributed by atoms with Gasteiger partial charge in [-0.3, -0.25) is 9.63 Å². The van der Waals surface area contributed by atoms with Crippen molar-refractivity contribution < 1.29 is 34.2 Å². The molecular weight excluding hydrogens is 392 g/mol. The second-order valence-electron chi connectivity index (χ2n) is 7.18. The average molecular weight is 416 g/mol. The maximum Gasteiger partial charge on any atom is 0.347 e. The first kappa shape index (κ1) is 21.5. The number of benzene rings is 1. The van der Waals surface area contributed by atoms with E-state index >= 15 is 0 Å². The van der Waals surface area contributed by atoms with E-state index in [0.717, 1.165) is 12.8 Å². The Bertz CT molecular complexity index is 1050. The number of aryl methyl sites for hydroxylation is 1. The first-order valence-corrected chi connectivity index (χ1v) is 9.60. The number of hydrogen-bond donors (Lipinski definition) is 3. The second kappa shape index (κ2) is 8.29. The fourth-order valence-electron chi connectivity index (χ4n) is 3.74. The molecule has 0 saturated heterocycles. The Morgan fingerprint density at radius 3 is 2.63 bits per heavy atom. The molecule has 1 aliphatic heterocycles. The maximum absolute atomic E-state index is 12.5. The van der Waals surface area contributed by atoms with E-state index in [1.54, 1.807) is 23.7 Å². The van der Waals surface area contributed by atoms with Gasteiger partial charge >= 0.3 is 11.9 Å². The van der Waals surface area contributed by atoms with E-state index in [9.17, 15) is 24.6 Å². The summed E-state index contributed by atoms with van der Waals surface area (Å²) < 4.78 is 6.96. The van der Waals surface area contributed by atoms with E-state index in [1.807, 2.05) is 6.92 Å². The minimum atomic E-state index is -1.98. The van der Waals surface area contributed by atoms with Gasteiger partial charge in [-0.05, 0) is 30.7 Å². The van der Waals surface area contributed by atoms with Crippen molar-refractivity contribution in [2.45, 2.75) is 38.4 Å². The lowest BCUT2D eigenvalue weighted by Crippen LogP contribution is -2.31. The molecule has 3 rings (SSSR count). The first-order valence-electron chi connectivity index (χ1n) is 9.60. The number of fused-ring (bicyclic) bond motifs is 1. The molecule has 30 heavy (non-hydrogen) atoms. The number of carbonyl (C=O) groups excluding carboxylic acids is 2. The molecule has 0 spiro atoms. The van der Waals surface area contributed by atoms with Crippen LogP contribution >= 0.6 is 0 Å². The molecule has 9 nitrogen and oxygen atoms in total. The summed E-state index contributed by atoms with van der Waals surface area (Å²) in [6, 6.07) is 6.21. The molecule has 1 aromatic heterocycles. The third-order valence-corrected chi connectivity index (χ3v) is 5.19. The highest BCUT2D eigenvalue weighted by Gasteiger charge is 2.50. The zero-order valence-corrected chi connectivity index (χ0v) is 17.0. The normalized spacial score (nSPS) is 18.7. The van der Waals surface area contributed by atoms with Crippen LogP contribution in [0.15, 0.2) is 29.8 Å². The van der Waals surface area contributed by atoms with Crippen molar-refractivity contribution in [3.05, 3.63) is 41.1 Å². The van der Waals surface area contributed by atoms with E-state index in [0.29, 0.717) is 23.0 Å². The number of ether oxygens (including phenoxy) is 1. The summed E-state index contributed by atoms with van der Waals surface area (Å²) in [7, 11) is 2.93. The van der Waals surface area contributed by atoms with Gasteiger partial charge in [0.1, 0.15) is 5.57 Å². The molecule has 2 aromatic rings. The fraction of sp³-hybridized carbons (Fsp3) is 0.381. The highest BCUT2D eigenvalue weighted by molar-refractivity contribution is 6.24. The van der Waals surface area contributed by atoms with Gasteiger partial charge in [-0.2, -0.15) is 0 Å². The number of carbonyl (C=O) groups is 3. The summed E-state index contributed by atoms with van der Waals surface area (Å²) in [6.07, 6.45) is 2.40. The molecule has 3 N–H and O–H groups in total. The topological polar surface area (TPSA) is 127 Å². The molecule has 1 atom stereocenters. The van der Waals surface area contributed by atoms with E-state index in [4.69, 9.17) is 4.74 Å². The third-order valence-electron chi connectivity index (χ3n) is 5.19. The number of nitrogens with one attached hydrogen (secondary N) is 1. The number of rotatable bonds is 8. The number of hydrogen-bond acceptors (Lipinski definition) is 6. The quantitative estimate of drug-likeness (QED) is 0.260. The van der Waals surface area contributed by atoms with Gasteiger partial charge in [-0.1, -0.05) is 19.8 Å². The van der Waals surface area contributed by atoms with Crippen molar-refractivity contribution in [1.29, 1.82) is 0 Å². The van der Waals surface area contributed by atoms with Crippen LogP contribution in [0.3, 0.4) is 0 Å². The summed E-state index contributed by atoms with van der Waals surface area (Å²) >= 11 is 0. The van der Waals surface area contributed by atoms with Gasteiger partial charge in [0, 0.05) is 24.4 Å². The standard InChI is InChI=1S/C21H24N2O7/c1-4-5-6-9-21(28)17(16(20(27)30-21)18(24)22-29-3)15-11-13-10-12(19(25)26)7-8-14(13)23(15)2/h7-8,10-11,28H,4-6,9H2,1-3H3,(H,22,24)(H,25,26). The maximum atomic E-state index is 12.5. The van der Waals surface area contributed by atoms with Gasteiger partial charge in [0.25, 0.3) is 5.91 Å². The summed E-state index contributed by atoms with van der Waals surface area (Å²) in [6.45, 7) is 2.00. The Balaban J connectivity index is 2.22. The van der Waals surface area contributed by atoms with Crippen LogP contribution in [0, 0.1) is 0 Å². The fourth-order valence-corrected chi connectivity index (χ4v) is 3.74. The first-order chi connectivity index (χ1) is 14.2. The molecule has 160 valence electrons. The summed E-state index contributed by atoms with van der Waals surface area (Å²) in [5.41, 5.74) is 2.94. The zero-order chi connectivity index (χ0) is 22.1. The Hall–Kier alpha value is -3.17. The number of aromatic carboxylic acids is 1. The van der Waals surface area contributed by atoms with Gasteiger partial charge in [0.15, 0.2) is 0 Å². The van der Waals surface area contributed by atoms with Gasteiger partial charge in [-0.15, -0.1) is 0 Å². The number of aromatic nitrogens is 1. The van der Waals surface area contributed by atoms with Crippen LogP contribution in [0.1, 0.15) is 48.7 Å². The Kier molecular flexibility index (Phi) is 5.95. The van der Waals surface area contributed by atoms with Crippen LogP contribution in [-0.2, 0) is 26.2 Å². The molecule has 0 radical (unpaired) electrons. The number of cyclic esters (lactones) is 1. The predicted octanol–water partition coefficient (Wildman–Crippen LogP) is 2.13. The average Bonchev–Trinajstić information content (AvgIpc) is 3.14. The van der Waals surface area contributed by atoms with Gasteiger partial charge < -0.3 is 19.5 Å². The SMILES string of the molecule is CCCCCC1(O)OC(=O)C(C(=O)NOC)=C1c1cc2cc(C(=O)O)ccc2n1C. The predicted molar refractivity (Wildman–Crippen MR) is 107 cm³/mol. The molecule has 2 heterocycles. The monoisotopic (exact) mass is 416 g/mol. The highest BCUT2D eigenvalue weighted by atomic mass is 16.7. The van der Waals surface area contributed by atoms with E-state index in [1.165, 1.54) is 19.2 Å². The molecule has 0 bridgehead atoms. The van der Waals surface area contributed by atoms with Crippen LogP contribution in [0.5, 0.6) is 0 Å². The molecule has 0 aliphatic carbocycles. The number of carboxylic acid groups (broad SMARTS) is 1. The van der Waals surface area contributed by atoms with Crippen LogP contribution in [0.4, 0.5) is 0 Å². The van der Waals surface area contributed by atoms with E-state index in [2.05, 4.69) is 10.3 Å². The van der Waals surface area contributed by atoms with Crippen LogP contribution in [0.2, 0.25) is 0 Å². The number of amides is 1. The minimum Gasteiger partial charge on any atom is -0.478 e. The van der Waals surface area contributed by atoms with Gasteiger partial charge in [0.05, 0.1) is 23.9 Å². The third kappa shape index (κ3) is 3.69. The summed E-state index contributed by atoms with van der Waals surface area (Å²) in [4.78, 5) is 41.0. The van der Waals surface area contributed by atoms with Crippen LogP contribution < -0.4 is 5.48 Å². The number of unbranched alkanes of at least 4 members (excludes halogenated alkanes) is 2. The van der Waals surface area contributed by atoms with Crippen molar-refractivity contribution in [3.63, 3.8) is 0 Å². The molecular formula is C21H24N2O7. The van der Waals surface area contributed by atoms with Gasteiger partial charge in [0.2, 0.25) is 5.79 Å². The molecule has 1 aliphatic rings. The van der Waals surface area contributed by atoms with E-state index < -0.39 is 23.6 Å². The largest absolute Gasteiger partial charge is 0.478 e. The highest BCUT2D eigenvalue weighted by Crippen LogP contribution is 2.43. The molecule has 1 aromatic carbocycles. The Morgan fingerprint density at radius 2 is 2.00 bits per heavy atom. The van der Waals surface area contributed by atoms with Crippen LogP contribution in [-0.4, -0.2) is 45.5 Å². The van der Waals surface area contributed by atoms with Crippen LogP contribution in [0.25, 0.3) is 16.5 Å². The number of nitrogens with zero attached hydrogens (tertiary/aromatic N) is 1. The van der Waals surface area contributed by atoms with Gasteiger partial charge in [-0.25, -0.2) is 15.1 Å². The molecule has 1 unspecified atom stereocenters. The van der Waals surface area contributed by atoms with E-state index in [-0.39, 0.29) is 23.1 Å². The number of carboxylic acids is 1.